The topological polar surface area (TPSA) is 68.1 Å². The minimum absolute atomic E-state index is 0.0394. The molecule has 150 valence electrons. The number of hydrogen-bond donors (Lipinski definition) is 2. The van der Waals surface area contributed by atoms with Crippen LogP contribution < -0.4 is 5.73 Å². The van der Waals surface area contributed by atoms with Crippen molar-refractivity contribution in [2.75, 3.05) is 12.3 Å². The average molecular weight is 396 g/mol. The highest BCUT2D eigenvalue weighted by Gasteiger charge is 2.15. The smallest absolute Gasteiger partial charge is 0.185 e. The molecule has 3 aromatic carbocycles. The Morgan fingerprint density at radius 2 is 1.73 bits per heavy atom. The van der Waals surface area contributed by atoms with Gasteiger partial charge in [-0.3, -0.25) is 4.79 Å². The van der Waals surface area contributed by atoms with Gasteiger partial charge in [-0.2, -0.15) is 0 Å². The van der Waals surface area contributed by atoms with Crippen molar-refractivity contribution in [1.82, 2.24) is 4.98 Å². The van der Waals surface area contributed by atoms with Gasteiger partial charge in [-0.15, -0.1) is 0 Å². The molecule has 4 heteroatoms. The minimum Gasteiger partial charge on any atom is -0.397 e. The number of aromatic nitrogens is 1. The maximum atomic E-state index is 12.7. The third-order valence-electron chi connectivity index (χ3n) is 5.03. The second-order valence-electron chi connectivity index (χ2n) is 7.09. The SMILES string of the molecule is CCOCc1cc(N)c2[nH]c(-c3ccccc3)c(/C=C/C(=O)c3ccccc3)c2c1. The van der Waals surface area contributed by atoms with Gasteiger partial charge in [-0.25, -0.2) is 0 Å². The molecule has 3 N–H and O–H groups in total. The first-order valence-corrected chi connectivity index (χ1v) is 10.0. The maximum absolute atomic E-state index is 12.7. The summed E-state index contributed by atoms with van der Waals surface area (Å²) in [5.41, 5.74) is 12.4. The molecular weight excluding hydrogens is 372 g/mol. The first kappa shape index (κ1) is 19.7. The second kappa shape index (κ2) is 8.80. The van der Waals surface area contributed by atoms with Crippen molar-refractivity contribution in [2.45, 2.75) is 13.5 Å². The second-order valence-corrected chi connectivity index (χ2v) is 7.09. The van der Waals surface area contributed by atoms with Gasteiger partial charge in [-0.1, -0.05) is 60.7 Å². The van der Waals surface area contributed by atoms with Gasteiger partial charge in [0.25, 0.3) is 0 Å². The van der Waals surface area contributed by atoms with Crippen molar-refractivity contribution in [3.8, 4) is 11.3 Å². The average Bonchev–Trinajstić information content (AvgIpc) is 3.16. The lowest BCUT2D eigenvalue weighted by Gasteiger charge is -2.05. The van der Waals surface area contributed by atoms with Crippen LogP contribution in [0, 0.1) is 0 Å². The molecular formula is C26H24N2O2. The molecule has 4 aromatic rings. The molecule has 0 radical (unpaired) electrons. The van der Waals surface area contributed by atoms with Crippen LogP contribution >= 0.6 is 0 Å². The van der Waals surface area contributed by atoms with E-state index in [4.69, 9.17) is 10.5 Å². The summed E-state index contributed by atoms with van der Waals surface area (Å²) in [7, 11) is 0. The van der Waals surface area contributed by atoms with Crippen molar-refractivity contribution in [1.29, 1.82) is 0 Å². The molecule has 0 saturated carbocycles. The summed E-state index contributed by atoms with van der Waals surface area (Å²) in [4.78, 5) is 16.1. The fraction of sp³-hybridized carbons (Fsp3) is 0.115. The molecule has 0 aliphatic heterocycles. The van der Waals surface area contributed by atoms with E-state index < -0.39 is 0 Å². The van der Waals surface area contributed by atoms with Gasteiger partial charge < -0.3 is 15.5 Å². The van der Waals surface area contributed by atoms with Crippen LogP contribution in [-0.4, -0.2) is 17.4 Å². The highest BCUT2D eigenvalue weighted by molar-refractivity contribution is 6.09. The number of nitrogens with two attached hydrogens (primary N) is 1. The first-order valence-electron chi connectivity index (χ1n) is 10.0. The number of rotatable bonds is 7. The Balaban J connectivity index is 1.84. The van der Waals surface area contributed by atoms with Crippen molar-refractivity contribution in [3.05, 3.63) is 95.6 Å². The number of fused-ring (bicyclic) bond motifs is 1. The van der Waals surface area contributed by atoms with Crippen LogP contribution in [0.4, 0.5) is 5.69 Å². The molecule has 0 aliphatic carbocycles. The largest absolute Gasteiger partial charge is 0.397 e. The molecule has 4 nitrogen and oxygen atoms in total. The molecule has 0 amide bonds. The van der Waals surface area contributed by atoms with Crippen molar-refractivity contribution < 1.29 is 9.53 Å². The van der Waals surface area contributed by atoms with Crippen molar-refractivity contribution in [2.24, 2.45) is 0 Å². The molecule has 0 spiro atoms. The van der Waals surface area contributed by atoms with E-state index in [0.717, 1.165) is 33.3 Å². The van der Waals surface area contributed by atoms with Crippen LogP contribution in [0.25, 0.3) is 28.2 Å². The number of nitrogens with one attached hydrogen (secondary N) is 1. The molecule has 0 saturated heterocycles. The molecule has 1 heterocycles. The third-order valence-corrected chi connectivity index (χ3v) is 5.03. The predicted octanol–water partition coefficient (Wildman–Crippen LogP) is 5.85. The number of aromatic amines is 1. The number of allylic oxidation sites excluding steroid dienone is 1. The Hall–Kier alpha value is -3.63. The van der Waals surface area contributed by atoms with Crippen LogP contribution in [0.3, 0.4) is 0 Å². The maximum Gasteiger partial charge on any atom is 0.185 e. The zero-order valence-corrected chi connectivity index (χ0v) is 16.9. The van der Waals surface area contributed by atoms with Gasteiger partial charge in [0.1, 0.15) is 0 Å². The Labute approximate surface area is 176 Å². The Kier molecular flexibility index (Phi) is 5.77. The number of carbonyl (C=O) groups is 1. The van der Waals surface area contributed by atoms with E-state index in [1.54, 1.807) is 6.08 Å². The number of benzene rings is 3. The normalized spacial score (nSPS) is 11.4. The summed E-state index contributed by atoms with van der Waals surface area (Å²) < 4.78 is 5.57. The number of ketones is 1. The van der Waals surface area contributed by atoms with E-state index in [1.165, 1.54) is 0 Å². The lowest BCUT2D eigenvalue weighted by molar-refractivity contribution is 0.104. The molecule has 0 atom stereocenters. The van der Waals surface area contributed by atoms with Crippen LogP contribution in [0.2, 0.25) is 0 Å². The molecule has 0 fully saturated rings. The fourth-order valence-corrected chi connectivity index (χ4v) is 3.57. The van der Waals surface area contributed by atoms with Crippen LogP contribution in [0.1, 0.15) is 28.4 Å². The fourth-order valence-electron chi connectivity index (χ4n) is 3.57. The van der Waals surface area contributed by atoms with E-state index in [0.29, 0.717) is 24.5 Å². The summed E-state index contributed by atoms with van der Waals surface area (Å²) >= 11 is 0. The standard InChI is InChI=1S/C26H24N2O2/c1-2-30-17-18-15-22-21(13-14-24(29)19-9-5-3-6-10-19)25(20-11-7-4-8-12-20)28-26(22)23(27)16-18/h3-16,28H,2,17,27H2,1H3/b14-13+. The van der Waals surface area contributed by atoms with Gasteiger partial charge in [0, 0.05) is 23.1 Å². The van der Waals surface area contributed by atoms with Gasteiger partial charge >= 0.3 is 0 Å². The zero-order chi connectivity index (χ0) is 20.9. The number of anilines is 1. The van der Waals surface area contributed by atoms with Crippen LogP contribution in [0.5, 0.6) is 0 Å². The van der Waals surface area contributed by atoms with E-state index in [1.807, 2.05) is 79.7 Å². The highest BCUT2D eigenvalue weighted by atomic mass is 16.5. The molecule has 30 heavy (non-hydrogen) atoms. The summed E-state index contributed by atoms with van der Waals surface area (Å²) in [5.74, 6) is -0.0394. The minimum atomic E-state index is -0.0394. The molecule has 0 bridgehead atoms. The first-order chi connectivity index (χ1) is 14.7. The molecule has 0 aliphatic rings. The van der Waals surface area contributed by atoms with E-state index in [-0.39, 0.29) is 5.78 Å². The lowest BCUT2D eigenvalue weighted by atomic mass is 10.0. The van der Waals surface area contributed by atoms with Crippen molar-refractivity contribution >= 4 is 28.4 Å². The summed E-state index contributed by atoms with van der Waals surface area (Å²) in [6.45, 7) is 3.10. The van der Waals surface area contributed by atoms with Crippen molar-refractivity contribution in [3.63, 3.8) is 0 Å². The summed E-state index contributed by atoms with van der Waals surface area (Å²) in [5, 5.41) is 0.973. The lowest BCUT2D eigenvalue weighted by Crippen LogP contribution is -1.95. The van der Waals surface area contributed by atoms with E-state index >= 15 is 0 Å². The Morgan fingerprint density at radius 1 is 1.03 bits per heavy atom. The van der Waals surface area contributed by atoms with Crippen LogP contribution in [-0.2, 0) is 11.3 Å². The molecule has 0 unspecified atom stereocenters. The van der Waals surface area contributed by atoms with Gasteiger partial charge in [-0.05, 0) is 42.3 Å². The number of ether oxygens (including phenoxy) is 1. The Morgan fingerprint density at radius 3 is 2.43 bits per heavy atom. The molecule has 1 aromatic heterocycles. The van der Waals surface area contributed by atoms with E-state index in [9.17, 15) is 4.79 Å². The number of hydrogen-bond acceptors (Lipinski definition) is 3. The Bertz CT molecular complexity index is 1190. The molecule has 4 rings (SSSR count). The van der Waals surface area contributed by atoms with Gasteiger partial charge in [0.15, 0.2) is 5.78 Å². The monoisotopic (exact) mass is 396 g/mol. The zero-order valence-electron chi connectivity index (χ0n) is 16.9. The van der Waals surface area contributed by atoms with E-state index in [2.05, 4.69) is 11.1 Å². The van der Waals surface area contributed by atoms with Gasteiger partial charge in [0.2, 0.25) is 0 Å². The number of H-pyrrole nitrogens is 1. The summed E-state index contributed by atoms with van der Waals surface area (Å²) in [6.07, 6.45) is 3.50. The quantitative estimate of drug-likeness (QED) is 0.234. The number of nitrogen functional groups attached to an aromatic ring is 1. The predicted molar refractivity (Wildman–Crippen MR) is 123 cm³/mol. The van der Waals surface area contributed by atoms with Crippen LogP contribution in [0.15, 0.2) is 78.9 Å². The third kappa shape index (κ3) is 4.04. The number of carbonyl (C=O) groups excluding carboxylic acids is 1. The highest BCUT2D eigenvalue weighted by Crippen LogP contribution is 2.35. The summed E-state index contributed by atoms with van der Waals surface area (Å²) in [6, 6.07) is 23.3. The van der Waals surface area contributed by atoms with Gasteiger partial charge in [0.05, 0.1) is 23.5 Å².